The molecule has 106 valence electrons. The molecule has 0 bridgehead atoms. The van der Waals surface area contributed by atoms with Gasteiger partial charge in [-0.15, -0.1) is 0 Å². The fraction of sp³-hybridized carbons (Fsp3) is 0.357. The molecule has 6 heteroatoms. The Bertz CT molecular complexity index is 662. The van der Waals surface area contributed by atoms with Gasteiger partial charge >= 0.3 is 0 Å². The summed E-state index contributed by atoms with van der Waals surface area (Å²) >= 11 is 0. The van der Waals surface area contributed by atoms with Crippen molar-refractivity contribution in [3.8, 4) is 5.75 Å². The molecule has 0 aliphatic carbocycles. The van der Waals surface area contributed by atoms with Crippen molar-refractivity contribution in [3.05, 3.63) is 40.2 Å². The van der Waals surface area contributed by atoms with Crippen molar-refractivity contribution in [1.29, 1.82) is 0 Å². The minimum absolute atomic E-state index is 0.0202. The van der Waals surface area contributed by atoms with Gasteiger partial charge in [-0.3, -0.25) is 15.1 Å². The first kappa shape index (κ1) is 14.2. The first-order chi connectivity index (χ1) is 9.28. The van der Waals surface area contributed by atoms with Crippen LogP contribution in [0.5, 0.6) is 5.75 Å². The average Bonchev–Trinajstić information content (AvgIpc) is 2.34. The molecule has 6 nitrogen and oxygen atoms in total. The molecular weight excluding hydrogens is 258 g/mol. The number of nitro groups is 1. The monoisotopic (exact) mass is 275 g/mol. The second kappa shape index (κ2) is 5.05. The molecule has 1 aromatic carbocycles. The van der Waals surface area contributed by atoms with Gasteiger partial charge < -0.3 is 10.5 Å². The second-order valence-electron chi connectivity index (χ2n) is 5.49. The van der Waals surface area contributed by atoms with Crippen LogP contribution >= 0.6 is 0 Å². The Morgan fingerprint density at radius 1 is 1.40 bits per heavy atom. The van der Waals surface area contributed by atoms with E-state index in [0.29, 0.717) is 23.1 Å². The number of nitrogens with two attached hydrogens (primary N) is 1. The number of non-ortho nitro benzene ring substituents is 1. The Morgan fingerprint density at radius 2 is 2.10 bits per heavy atom. The molecule has 0 aliphatic heterocycles. The first-order valence-corrected chi connectivity index (χ1v) is 6.23. The number of fused-ring (bicyclic) bond motifs is 1. The number of hydrogen-bond donors (Lipinski definition) is 1. The van der Waals surface area contributed by atoms with Crippen LogP contribution in [0.1, 0.15) is 19.5 Å². The van der Waals surface area contributed by atoms with Gasteiger partial charge in [0.05, 0.1) is 10.3 Å². The summed E-state index contributed by atoms with van der Waals surface area (Å²) in [4.78, 5) is 14.7. The summed E-state index contributed by atoms with van der Waals surface area (Å²) in [5.74, 6) is 0.578. The standard InChI is InChI=1S/C14H17N3O3/c1-9-6-10-11(7-16-9)12(17(18)19)4-5-13(10)20-8-14(2,3)15/h4-7H,8,15H2,1-3H3. The molecule has 0 spiro atoms. The Balaban J connectivity index is 2.53. The SMILES string of the molecule is Cc1cc2c(OCC(C)(C)N)ccc([N+](=O)[O-])c2cn1. The van der Waals surface area contributed by atoms with Crippen LogP contribution in [-0.2, 0) is 0 Å². The van der Waals surface area contributed by atoms with Crippen LogP contribution in [0, 0.1) is 17.0 Å². The number of rotatable bonds is 4. The zero-order valence-corrected chi connectivity index (χ0v) is 11.7. The average molecular weight is 275 g/mol. The summed E-state index contributed by atoms with van der Waals surface area (Å²) in [6.45, 7) is 5.86. The van der Waals surface area contributed by atoms with Crippen molar-refractivity contribution >= 4 is 16.5 Å². The third-order valence-corrected chi connectivity index (χ3v) is 2.77. The van der Waals surface area contributed by atoms with Crippen LogP contribution < -0.4 is 10.5 Å². The predicted octanol–water partition coefficient (Wildman–Crippen LogP) is 2.57. The van der Waals surface area contributed by atoms with Gasteiger partial charge in [-0.05, 0) is 32.9 Å². The van der Waals surface area contributed by atoms with E-state index in [1.165, 1.54) is 12.3 Å². The highest BCUT2D eigenvalue weighted by Crippen LogP contribution is 2.33. The van der Waals surface area contributed by atoms with E-state index < -0.39 is 10.5 Å². The fourth-order valence-corrected chi connectivity index (χ4v) is 1.85. The molecule has 0 radical (unpaired) electrons. The Hall–Kier alpha value is -2.21. The van der Waals surface area contributed by atoms with Crippen molar-refractivity contribution in [2.75, 3.05) is 6.61 Å². The van der Waals surface area contributed by atoms with Crippen LogP contribution in [0.4, 0.5) is 5.69 Å². The molecule has 0 atom stereocenters. The van der Waals surface area contributed by atoms with Crippen LogP contribution in [0.2, 0.25) is 0 Å². The van der Waals surface area contributed by atoms with Crippen LogP contribution in [-0.4, -0.2) is 22.1 Å². The predicted molar refractivity (Wildman–Crippen MR) is 76.9 cm³/mol. The molecule has 1 aromatic heterocycles. The molecule has 2 rings (SSSR count). The summed E-state index contributed by atoms with van der Waals surface area (Å²) in [7, 11) is 0. The molecule has 0 aliphatic rings. The quantitative estimate of drug-likeness (QED) is 0.684. The topological polar surface area (TPSA) is 91.3 Å². The van der Waals surface area contributed by atoms with E-state index in [1.807, 2.05) is 20.8 Å². The zero-order chi connectivity index (χ0) is 14.9. The Morgan fingerprint density at radius 3 is 2.70 bits per heavy atom. The highest BCUT2D eigenvalue weighted by Gasteiger charge is 2.18. The lowest BCUT2D eigenvalue weighted by Gasteiger charge is -2.19. The summed E-state index contributed by atoms with van der Waals surface area (Å²) in [5.41, 5.74) is 6.21. The van der Waals surface area contributed by atoms with Crippen molar-refractivity contribution < 1.29 is 9.66 Å². The number of aromatic nitrogens is 1. The van der Waals surface area contributed by atoms with Crippen LogP contribution in [0.25, 0.3) is 10.8 Å². The van der Waals surface area contributed by atoms with Gasteiger partial charge in [-0.1, -0.05) is 0 Å². The second-order valence-corrected chi connectivity index (χ2v) is 5.49. The fourth-order valence-electron chi connectivity index (χ4n) is 1.85. The van der Waals surface area contributed by atoms with Crippen molar-refractivity contribution in [2.24, 2.45) is 5.73 Å². The molecule has 0 fully saturated rings. The van der Waals surface area contributed by atoms with Gasteiger partial charge in [0.15, 0.2) is 0 Å². The van der Waals surface area contributed by atoms with E-state index in [-0.39, 0.29) is 5.69 Å². The van der Waals surface area contributed by atoms with Gasteiger partial charge in [-0.25, -0.2) is 0 Å². The molecule has 2 N–H and O–H groups in total. The summed E-state index contributed by atoms with van der Waals surface area (Å²) in [6, 6.07) is 4.81. The minimum atomic E-state index is -0.476. The number of ether oxygens (including phenoxy) is 1. The first-order valence-electron chi connectivity index (χ1n) is 6.23. The van der Waals surface area contributed by atoms with E-state index in [4.69, 9.17) is 10.5 Å². The van der Waals surface area contributed by atoms with Gasteiger partial charge in [-0.2, -0.15) is 0 Å². The van der Waals surface area contributed by atoms with E-state index in [9.17, 15) is 10.1 Å². The third-order valence-electron chi connectivity index (χ3n) is 2.77. The molecule has 20 heavy (non-hydrogen) atoms. The number of aryl methyl sites for hydroxylation is 1. The van der Waals surface area contributed by atoms with Gasteiger partial charge in [0.25, 0.3) is 5.69 Å². The maximum absolute atomic E-state index is 11.0. The molecule has 0 saturated heterocycles. The zero-order valence-electron chi connectivity index (χ0n) is 11.7. The highest BCUT2D eigenvalue weighted by atomic mass is 16.6. The largest absolute Gasteiger partial charge is 0.491 e. The lowest BCUT2D eigenvalue weighted by atomic mass is 10.1. The maximum Gasteiger partial charge on any atom is 0.279 e. The van der Waals surface area contributed by atoms with E-state index in [0.717, 1.165) is 5.69 Å². The summed E-state index contributed by atoms with van der Waals surface area (Å²) in [6.07, 6.45) is 1.50. The molecular formula is C14H17N3O3. The summed E-state index contributed by atoms with van der Waals surface area (Å²) in [5, 5.41) is 12.2. The molecule has 1 heterocycles. The number of pyridine rings is 1. The molecule has 0 amide bonds. The van der Waals surface area contributed by atoms with E-state index >= 15 is 0 Å². The van der Waals surface area contributed by atoms with Gasteiger partial charge in [0.1, 0.15) is 12.4 Å². The number of nitro benzene ring substituents is 1. The lowest BCUT2D eigenvalue weighted by Crippen LogP contribution is -2.38. The van der Waals surface area contributed by atoms with Crippen molar-refractivity contribution in [1.82, 2.24) is 4.98 Å². The minimum Gasteiger partial charge on any atom is -0.491 e. The Labute approximate surface area is 116 Å². The Kier molecular flexibility index (Phi) is 3.59. The van der Waals surface area contributed by atoms with E-state index in [1.54, 1.807) is 12.1 Å². The maximum atomic E-state index is 11.0. The smallest absolute Gasteiger partial charge is 0.279 e. The van der Waals surface area contributed by atoms with Gasteiger partial charge in [0.2, 0.25) is 0 Å². The molecule has 0 unspecified atom stereocenters. The van der Waals surface area contributed by atoms with E-state index in [2.05, 4.69) is 4.98 Å². The lowest BCUT2D eigenvalue weighted by molar-refractivity contribution is -0.383. The number of nitrogens with zero attached hydrogens (tertiary/aromatic N) is 2. The third kappa shape index (κ3) is 3.03. The van der Waals surface area contributed by atoms with Crippen molar-refractivity contribution in [3.63, 3.8) is 0 Å². The summed E-state index contributed by atoms with van der Waals surface area (Å²) < 4.78 is 5.70. The van der Waals surface area contributed by atoms with Crippen molar-refractivity contribution in [2.45, 2.75) is 26.3 Å². The van der Waals surface area contributed by atoms with Gasteiger partial charge in [0, 0.05) is 28.9 Å². The van der Waals surface area contributed by atoms with Crippen LogP contribution in [0.15, 0.2) is 24.4 Å². The molecule has 2 aromatic rings. The number of hydrogen-bond acceptors (Lipinski definition) is 5. The van der Waals surface area contributed by atoms with Crippen LogP contribution in [0.3, 0.4) is 0 Å². The molecule has 0 saturated carbocycles. The highest BCUT2D eigenvalue weighted by molar-refractivity contribution is 5.95. The number of benzene rings is 1. The normalized spacial score (nSPS) is 11.6.